The number of nitrogens with zero attached hydrogens (tertiary/aromatic N) is 2. The molecule has 0 aromatic carbocycles. The maximum Gasteiger partial charge on any atom is 0.134 e. The molecule has 1 fully saturated rings. The molecular weight excluding hydrogens is 258 g/mol. The van der Waals surface area contributed by atoms with E-state index in [1.165, 1.54) is 32.1 Å². The molecule has 0 radical (unpaired) electrons. The normalized spacial score (nSPS) is 18.3. The van der Waals surface area contributed by atoms with Crippen molar-refractivity contribution >= 4 is 17.4 Å². The molecular formula is C15H24ClN3. The SMILES string of the molecule is CCc1nc(Cl)cc(NC(CC)C2CCCCC2)n1. The van der Waals surface area contributed by atoms with Crippen LogP contribution >= 0.6 is 11.6 Å². The summed E-state index contributed by atoms with van der Waals surface area (Å²) in [6, 6.07) is 2.35. The van der Waals surface area contributed by atoms with Crippen LogP contribution in [0.25, 0.3) is 0 Å². The number of halogens is 1. The summed E-state index contributed by atoms with van der Waals surface area (Å²) in [5.41, 5.74) is 0. The lowest BCUT2D eigenvalue weighted by Gasteiger charge is -2.30. The van der Waals surface area contributed by atoms with Crippen molar-refractivity contribution in [1.29, 1.82) is 0 Å². The summed E-state index contributed by atoms with van der Waals surface area (Å²) in [4.78, 5) is 8.74. The Hall–Kier alpha value is -0.830. The highest BCUT2D eigenvalue weighted by Crippen LogP contribution is 2.29. The predicted octanol–water partition coefficient (Wildman–Crippen LogP) is 4.46. The standard InChI is InChI=1S/C15H24ClN3/c1-3-12(11-8-6-5-7-9-11)17-15-10-13(16)18-14(4-2)19-15/h10-12H,3-9H2,1-2H3,(H,17,18,19). The first-order chi connectivity index (χ1) is 9.22. The monoisotopic (exact) mass is 281 g/mol. The van der Waals surface area contributed by atoms with Crippen LogP contribution < -0.4 is 5.32 Å². The van der Waals surface area contributed by atoms with Crippen LogP contribution in [0, 0.1) is 5.92 Å². The fraction of sp³-hybridized carbons (Fsp3) is 0.733. The molecule has 1 aliphatic carbocycles. The first-order valence-corrected chi connectivity index (χ1v) is 7.90. The molecule has 1 heterocycles. The minimum Gasteiger partial charge on any atom is -0.367 e. The molecule has 106 valence electrons. The molecule has 2 rings (SSSR count). The molecule has 1 atom stereocenters. The number of nitrogens with one attached hydrogen (secondary N) is 1. The van der Waals surface area contributed by atoms with E-state index in [2.05, 4.69) is 22.2 Å². The fourth-order valence-corrected chi connectivity index (χ4v) is 3.18. The second-order valence-electron chi connectivity index (χ2n) is 5.40. The highest BCUT2D eigenvalue weighted by atomic mass is 35.5. The molecule has 0 aliphatic heterocycles. The number of aromatic nitrogens is 2. The molecule has 0 bridgehead atoms. The lowest BCUT2D eigenvalue weighted by molar-refractivity contribution is 0.312. The van der Waals surface area contributed by atoms with Gasteiger partial charge in [0.05, 0.1) is 0 Å². The maximum absolute atomic E-state index is 6.05. The third-order valence-corrected chi connectivity index (χ3v) is 4.24. The molecule has 0 amide bonds. The number of anilines is 1. The summed E-state index contributed by atoms with van der Waals surface area (Å²) in [5.74, 6) is 2.47. The predicted molar refractivity (Wildman–Crippen MR) is 80.7 cm³/mol. The Labute approximate surface area is 121 Å². The molecule has 19 heavy (non-hydrogen) atoms. The Morgan fingerprint density at radius 1 is 1.26 bits per heavy atom. The molecule has 1 saturated carbocycles. The molecule has 1 aliphatic rings. The van der Waals surface area contributed by atoms with Gasteiger partial charge in [-0.15, -0.1) is 0 Å². The van der Waals surface area contributed by atoms with Gasteiger partial charge < -0.3 is 5.32 Å². The van der Waals surface area contributed by atoms with Gasteiger partial charge >= 0.3 is 0 Å². The van der Waals surface area contributed by atoms with Gasteiger partial charge in [-0.1, -0.05) is 44.7 Å². The first-order valence-electron chi connectivity index (χ1n) is 7.53. The number of rotatable bonds is 5. The van der Waals surface area contributed by atoms with Gasteiger partial charge in [0.25, 0.3) is 0 Å². The smallest absolute Gasteiger partial charge is 0.134 e. The van der Waals surface area contributed by atoms with E-state index in [1.807, 2.05) is 13.0 Å². The fourth-order valence-electron chi connectivity index (χ4n) is 2.98. The lowest BCUT2D eigenvalue weighted by atomic mass is 9.83. The van der Waals surface area contributed by atoms with Crippen LogP contribution in [0.15, 0.2) is 6.07 Å². The second kappa shape index (κ2) is 7.09. The molecule has 1 aromatic rings. The van der Waals surface area contributed by atoms with Crippen molar-refractivity contribution in [1.82, 2.24) is 9.97 Å². The van der Waals surface area contributed by atoms with Crippen LogP contribution in [0.4, 0.5) is 5.82 Å². The van der Waals surface area contributed by atoms with Crippen LogP contribution in [-0.2, 0) is 6.42 Å². The summed E-state index contributed by atoms with van der Waals surface area (Å²) in [7, 11) is 0. The summed E-state index contributed by atoms with van der Waals surface area (Å²) >= 11 is 6.05. The Kier molecular flexibility index (Phi) is 5.44. The topological polar surface area (TPSA) is 37.8 Å². The van der Waals surface area contributed by atoms with E-state index >= 15 is 0 Å². The van der Waals surface area contributed by atoms with E-state index in [0.29, 0.717) is 11.2 Å². The third kappa shape index (κ3) is 4.07. The molecule has 1 N–H and O–H groups in total. The average Bonchev–Trinajstić information content (AvgIpc) is 2.45. The minimum absolute atomic E-state index is 0.510. The maximum atomic E-state index is 6.05. The van der Waals surface area contributed by atoms with Crippen molar-refractivity contribution in [2.45, 2.75) is 64.8 Å². The average molecular weight is 282 g/mol. The van der Waals surface area contributed by atoms with Crippen LogP contribution in [0.5, 0.6) is 0 Å². The van der Waals surface area contributed by atoms with E-state index in [9.17, 15) is 0 Å². The van der Waals surface area contributed by atoms with Gasteiger partial charge in [0.1, 0.15) is 16.8 Å². The summed E-state index contributed by atoms with van der Waals surface area (Å²) in [5, 5.41) is 4.11. The zero-order valence-corrected chi connectivity index (χ0v) is 12.7. The minimum atomic E-state index is 0.510. The van der Waals surface area contributed by atoms with Crippen molar-refractivity contribution < 1.29 is 0 Å². The van der Waals surface area contributed by atoms with E-state index in [4.69, 9.17) is 11.6 Å². The first kappa shape index (κ1) is 14.6. The van der Waals surface area contributed by atoms with Crippen molar-refractivity contribution in [3.63, 3.8) is 0 Å². The van der Waals surface area contributed by atoms with Crippen LogP contribution in [0.3, 0.4) is 0 Å². The van der Waals surface area contributed by atoms with Gasteiger partial charge in [0.15, 0.2) is 0 Å². The lowest BCUT2D eigenvalue weighted by Crippen LogP contribution is -2.30. The largest absolute Gasteiger partial charge is 0.367 e. The Morgan fingerprint density at radius 2 is 2.00 bits per heavy atom. The Bertz CT molecular complexity index is 402. The van der Waals surface area contributed by atoms with E-state index in [1.54, 1.807) is 0 Å². The molecule has 4 heteroatoms. The van der Waals surface area contributed by atoms with Gasteiger partial charge in [0.2, 0.25) is 0 Å². The van der Waals surface area contributed by atoms with Crippen LogP contribution in [0.1, 0.15) is 58.2 Å². The van der Waals surface area contributed by atoms with Crippen molar-refractivity contribution in [3.05, 3.63) is 17.0 Å². The molecule has 1 aromatic heterocycles. The van der Waals surface area contributed by atoms with Crippen molar-refractivity contribution in [2.75, 3.05) is 5.32 Å². The van der Waals surface area contributed by atoms with Crippen LogP contribution in [0.2, 0.25) is 5.15 Å². The second-order valence-corrected chi connectivity index (χ2v) is 5.79. The van der Waals surface area contributed by atoms with Gasteiger partial charge in [-0.3, -0.25) is 0 Å². The van der Waals surface area contributed by atoms with Gasteiger partial charge in [-0.2, -0.15) is 0 Å². The van der Waals surface area contributed by atoms with E-state index < -0.39 is 0 Å². The quantitative estimate of drug-likeness (QED) is 0.810. The molecule has 0 saturated heterocycles. The number of aryl methyl sites for hydroxylation is 1. The number of hydrogen-bond donors (Lipinski definition) is 1. The van der Waals surface area contributed by atoms with Crippen LogP contribution in [-0.4, -0.2) is 16.0 Å². The van der Waals surface area contributed by atoms with E-state index in [0.717, 1.165) is 30.4 Å². The highest BCUT2D eigenvalue weighted by Gasteiger charge is 2.22. The van der Waals surface area contributed by atoms with Gasteiger partial charge in [0, 0.05) is 18.5 Å². The highest BCUT2D eigenvalue weighted by molar-refractivity contribution is 6.29. The van der Waals surface area contributed by atoms with Gasteiger partial charge in [-0.25, -0.2) is 9.97 Å². The molecule has 0 spiro atoms. The van der Waals surface area contributed by atoms with Crippen molar-refractivity contribution in [3.8, 4) is 0 Å². The number of hydrogen-bond acceptors (Lipinski definition) is 3. The third-order valence-electron chi connectivity index (χ3n) is 4.05. The zero-order chi connectivity index (χ0) is 13.7. The Balaban J connectivity index is 2.06. The van der Waals surface area contributed by atoms with Crippen molar-refractivity contribution in [2.24, 2.45) is 5.92 Å². The van der Waals surface area contributed by atoms with E-state index in [-0.39, 0.29) is 0 Å². The molecule has 1 unspecified atom stereocenters. The van der Waals surface area contributed by atoms with Gasteiger partial charge in [-0.05, 0) is 25.2 Å². The zero-order valence-electron chi connectivity index (χ0n) is 12.0. The summed E-state index contributed by atoms with van der Waals surface area (Å²) in [6.45, 7) is 4.30. The molecule has 3 nitrogen and oxygen atoms in total. The Morgan fingerprint density at radius 3 is 2.63 bits per heavy atom. The summed E-state index contributed by atoms with van der Waals surface area (Å²) < 4.78 is 0. The summed E-state index contributed by atoms with van der Waals surface area (Å²) in [6.07, 6.45) is 8.76.